The van der Waals surface area contributed by atoms with Crippen molar-refractivity contribution in [3.05, 3.63) is 59.7 Å². The molecule has 0 saturated carbocycles. The van der Waals surface area contributed by atoms with Gasteiger partial charge >= 0.3 is 0 Å². The number of aryl methyl sites for hydroxylation is 1. The molecule has 0 fully saturated rings. The molecule has 0 spiro atoms. The van der Waals surface area contributed by atoms with E-state index in [-0.39, 0.29) is 11.9 Å². The van der Waals surface area contributed by atoms with Gasteiger partial charge in [-0.05, 0) is 50.1 Å². The first-order chi connectivity index (χ1) is 11.5. The minimum atomic E-state index is -0.522. The summed E-state index contributed by atoms with van der Waals surface area (Å²) in [5.74, 6) is 1.30. The molecule has 0 radical (unpaired) electrons. The Labute approximate surface area is 143 Å². The van der Waals surface area contributed by atoms with Crippen LogP contribution in [0.1, 0.15) is 37.4 Å². The van der Waals surface area contributed by atoms with Crippen LogP contribution < -0.4 is 14.8 Å². The third kappa shape index (κ3) is 4.75. The van der Waals surface area contributed by atoms with Gasteiger partial charge in [0.05, 0.1) is 13.2 Å². The van der Waals surface area contributed by atoms with E-state index < -0.39 is 6.10 Å². The molecule has 0 aliphatic carbocycles. The topological polar surface area (TPSA) is 47.6 Å². The van der Waals surface area contributed by atoms with Gasteiger partial charge in [0.25, 0.3) is 5.91 Å². The Kier molecular flexibility index (Phi) is 6.24. The zero-order valence-corrected chi connectivity index (χ0v) is 14.7. The number of hydrogen-bond acceptors (Lipinski definition) is 3. The van der Waals surface area contributed by atoms with Gasteiger partial charge in [0.1, 0.15) is 11.5 Å². The van der Waals surface area contributed by atoms with Gasteiger partial charge in [-0.2, -0.15) is 0 Å². The maximum absolute atomic E-state index is 12.5. The molecule has 24 heavy (non-hydrogen) atoms. The van der Waals surface area contributed by atoms with Crippen LogP contribution >= 0.6 is 0 Å². The summed E-state index contributed by atoms with van der Waals surface area (Å²) in [6, 6.07) is 15.3. The van der Waals surface area contributed by atoms with Crippen molar-refractivity contribution in [1.29, 1.82) is 0 Å². The number of hydrogen-bond donors (Lipinski definition) is 1. The second kappa shape index (κ2) is 8.39. The lowest BCUT2D eigenvalue weighted by Gasteiger charge is -2.21. The van der Waals surface area contributed by atoms with Crippen molar-refractivity contribution >= 4 is 5.91 Å². The van der Waals surface area contributed by atoms with Gasteiger partial charge < -0.3 is 14.8 Å². The molecular weight excluding hydrogens is 302 g/mol. The molecule has 2 atom stereocenters. The molecule has 0 unspecified atom stereocenters. The van der Waals surface area contributed by atoms with E-state index >= 15 is 0 Å². The van der Waals surface area contributed by atoms with Crippen molar-refractivity contribution in [1.82, 2.24) is 5.32 Å². The Morgan fingerprint density at radius 2 is 1.62 bits per heavy atom. The Balaban J connectivity index is 1.98. The van der Waals surface area contributed by atoms with Crippen LogP contribution in [0.4, 0.5) is 0 Å². The highest BCUT2D eigenvalue weighted by molar-refractivity contribution is 5.81. The monoisotopic (exact) mass is 327 g/mol. The number of rotatable bonds is 7. The summed E-state index contributed by atoms with van der Waals surface area (Å²) in [6.45, 7) is 5.95. The van der Waals surface area contributed by atoms with Crippen molar-refractivity contribution in [2.45, 2.75) is 39.3 Å². The Morgan fingerprint density at radius 3 is 2.17 bits per heavy atom. The summed E-state index contributed by atoms with van der Waals surface area (Å²) in [6.07, 6.45) is 0.0738. The van der Waals surface area contributed by atoms with Crippen LogP contribution in [-0.4, -0.2) is 19.1 Å². The van der Waals surface area contributed by atoms with Crippen molar-refractivity contribution in [2.75, 3.05) is 7.11 Å². The van der Waals surface area contributed by atoms with Crippen LogP contribution in [0.3, 0.4) is 0 Å². The Morgan fingerprint density at radius 1 is 1.04 bits per heavy atom. The van der Waals surface area contributed by atoms with E-state index in [1.54, 1.807) is 19.2 Å². The van der Waals surface area contributed by atoms with Crippen LogP contribution in [0.25, 0.3) is 0 Å². The largest absolute Gasteiger partial charge is 0.497 e. The highest BCUT2D eigenvalue weighted by Gasteiger charge is 2.20. The molecule has 0 saturated heterocycles. The molecule has 4 nitrogen and oxygen atoms in total. The number of carbonyl (C=O) groups is 1. The quantitative estimate of drug-likeness (QED) is 0.835. The molecule has 0 aliphatic rings. The van der Waals surface area contributed by atoms with E-state index in [1.807, 2.05) is 57.2 Å². The minimum Gasteiger partial charge on any atom is -0.497 e. The fourth-order valence-corrected chi connectivity index (χ4v) is 2.39. The Bertz CT molecular complexity index is 650. The van der Waals surface area contributed by atoms with Crippen molar-refractivity contribution in [3.8, 4) is 11.5 Å². The van der Waals surface area contributed by atoms with Gasteiger partial charge in [-0.3, -0.25) is 4.79 Å². The zero-order chi connectivity index (χ0) is 17.5. The maximum atomic E-state index is 12.5. The van der Waals surface area contributed by atoms with E-state index in [4.69, 9.17) is 9.47 Å². The lowest BCUT2D eigenvalue weighted by molar-refractivity contribution is -0.128. The molecule has 2 aromatic rings. The van der Waals surface area contributed by atoms with Crippen molar-refractivity contribution in [2.24, 2.45) is 0 Å². The first-order valence-electron chi connectivity index (χ1n) is 8.21. The molecule has 1 N–H and O–H groups in total. The standard InChI is InChI=1S/C20H25NO3/c1-5-19(24-18-12-10-17(23-4)11-13-18)20(22)21-15(3)16-8-6-14(2)7-9-16/h6-13,15,19H,5H2,1-4H3,(H,21,22)/t15-,19-/m0/s1. The average Bonchev–Trinajstić information content (AvgIpc) is 2.60. The lowest BCUT2D eigenvalue weighted by Crippen LogP contribution is -2.39. The van der Waals surface area contributed by atoms with Gasteiger partial charge in [-0.25, -0.2) is 0 Å². The second-order valence-electron chi connectivity index (χ2n) is 5.83. The smallest absolute Gasteiger partial charge is 0.261 e. The number of carbonyl (C=O) groups excluding carboxylic acids is 1. The Hall–Kier alpha value is -2.49. The van der Waals surface area contributed by atoms with E-state index in [2.05, 4.69) is 5.32 Å². The van der Waals surface area contributed by atoms with E-state index in [1.165, 1.54) is 5.56 Å². The maximum Gasteiger partial charge on any atom is 0.261 e. The molecule has 0 bridgehead atoms. The second-order valence-corrected chi connectivity index (χ2v) is 5.83. The summed E-state index contributed by atoms with van der Waals surface area (Å²) in [4.78, 5) is 12.5. The van der Waals surface area contributed by atoms with Gasteiger partial charge in [-0.1, -0.05) is 36.8 Å². The van der Waals surface area contributed by atoms with Crippen molar-refractivity contribution < 1.29 is 14.3 Å². The summed E-state index contributed by atoms with van der Waals surface area (Å²) in [7, 11) is 1.62. The normalized spacial score (nSPS) is 13.0. The van der Waals surface area contributed by atoms with Crippen molar-refractivity contribution in [3.63, 3.8) is 0 Å². The number of nitrogens with one attached hydrogen (secondary N) is 1. The molecule has 0 aromatic heterocycles. The summed E-state index contributed by atoms with van der Waals surface area (Å²) >= 11 is 0. The van der Waals surface area contributed by atoms with Crippen LogP contribution in [0.5, 0.6) is 11.5 Å². The number of amides is 1. The summed E-state index contributed by atoms with van der Waals surface area (Å²) in [5, 5.41) is 3.02. The average molecular weight is 327 g/mol. The molecule has 2 aromatic carbocycles. The SMILES string of the molecule is CC[C@H](Oc1ccc(OC)cc1)C(=O)N[C@@H](C)c1ccc(C)cc1. The highest BCUT2D eigenvalue weighted by atomic mass is 16.5. The third-order valence-electron chi connectivity index (χ3n) is 3.94. The first kappa shape index (κ1) is 17.9. The zero-order valence-electron chi connectivity index (χ0n) is 14.7. The predicted molar refractivity (Wildman–Crippen MR) is 95.4 cm³/mol. The van der Waals surface area contributed by atoms with E-state index in [0.717, 1.165) is 11.3 Å². The highest BCUT2D eigenvalue weighted by Crippen LogP contribution is 2.20. The molecule has 2 rings (SSSR count). The van der Waals surface area contributed by atoms with Crippen LogP contribution in [-0.2, 0) is 4.79 Å². The predicted octanol–water partition coefficient (Wildman–Crippen LogP) is 4.04. The molecule has 128 valence electrons. The van der Waals surface area contributed by atoms with E-state index in [0.29, 0.717) is 12.2 Å². The molecule has 0 aliphatic heterocycles. The van der Waals surface area contributed by atoms with Gasteiger partial charge in [0, 0.05) is 0 Å². The van der Waals surface area contributed by atoms with Crippen LogP contribution in [0.15, 0.2) is 48.5 Å². The number of methoxy groups -OCH3 is 1. The summed E-state index contributed by atoms with van der Waals surface area (Å²) in [5.41, 5.74) is 2.28. The molecule has 4 heteroatoms. The minimum absolute atomic E-state index is 0.0633. The van der Waals surface area contributed by atoms with E-state index in [9.17, 15) is 4.79 Å². The number of ether oxygens (including phenoxy) is 2. The van der Waals surface area contributed by atoms with Gasteiger partial charge in [0.15, 0.2) is 6.10 Å². The fraction of sp³-hybridized carbons (Fsp3) is 0.350. The summed E-state index contributed by atoms with van der Waals surface area (Å²) < 4.78 is 10.9. The van der Waals surface area contributed by atoms with Gasteiger partial charge in [0.2, 0.25) is 0 Å². The fourth-order valence-electron chi connectivity index (χ4n) is 2.39. The van der Waals surface area contributed by atoms with Crippen LogP contribution in [0, 0.1) is 6.92 Å². The molecule has 0 heterocycles. The lowest BCUT2D eigenvalue weighted by atomic mass is 10.1. The van der Waals surface area contributed by atoms with Gasteiger partial charge in [-0.15, -0.1) is 0 Å². The van der Waals surface area contributed by atoms with Crippen LogP contribution in [0.2, 0.25) is 0 Å². The first-order valence-corrected chi connectivity index (χ1v) is 8.21. The molecule has 1 amide bonds. The number of benzene rings is 2. The third-order valence-corrected chi connectivity index (χ3v) is 3.94. The molecular formula is C20H25NO3.